The number of rotatable bonds is 2. The fourth-order valence-corrected chi connectivity index (χ4v) is 10.3. The van der Waals surface area contributed by atoms with Gasteiger partial charge in [-0.15, -0.1) is 0 Å². The maximum atomic E-state index is 13.5. The molecule has 9 rings (SSSR count). The minimum Gasteiger partial charge on any atom is -0.275 e. The van der Waals surface area contributed by atoms with Gasteiger partial charge in [-0.2, -0.15) is 0 Å². The molecule has 3 heteroatoms. The van der Waals surface area contributed by atoms with Crippen molar-refractivity contribution in [3.8, 4) is 0 Å². The number of β-lactam (4-membered cyclic amide) rings is 2. The topological polar surface area (TPSA) is 37.4 Å². The smallest absolute Gasteiger partial charge is 0.242 e. The Morgan fingerprint density at radius 1 is 0.577 bits per heavy atom. The van der Waals surface area contributed by atoms with Crippen LogP contribution < -0.4 is 0 Å². The van der Waals surface area contributed by atoms with Gasteiger partial charge >= 0.3 is 0 Å². The minimum atomic E-state index is -0.246. The van der Waals surface area contributed by atoms with Gasteiger partial charge in [0, 0.05) is 0 Å². The third-order valence-electron chi connectivity index (χ3n) is 10.1. The quantitative estimate of drug-likeness (QED) is 0.552. The highest BCUT2D eigenvalue weighted by Crippen LogP contribution is 2.66. The molecule has 9 aliphatic rings. The summed E-state index contributed by atoms with van der Waals surface area (Å²) in [6.07, 6.45) is 15.2. The van der Waals surface area contributed by atoms with Crippen molar-refractivity contribution in [3.63, 3.8) is 0 Å². The van der Waals surface area contributed by atoms with Gasteiger partial charge in [0.15, 0.2) is 0 Å². The number of imide groups is 1. The van der Waals surface area contributed by atoms with Gasteiger partial charge in [0.2, 0.25) is 11.8 Å². The standard InChI is InChI=1S/C23H31NO2/c25-20-19(22-7-13-1-14(8-22)3-15(2-13)9-22)21(26)24(20)23-10-16-4-17(11-23)6-18(5-16)12-23/h13-19H,1-12H2. The van der Waals surface area contributed by atoms with Crippen molar-refractivity contribution in [1.29, 1.82) is 0 Å². The third-order valence-corrected chi connectivity index (χ3v) is 10.1. The second-order valence-electron chi connectivity index (χ2n) is 11.9. The van der Waals surface area contributed by atoms with E-state index >= 15 is 0 Å². The zero-order valence-electron chi connectivity index (χ0n) is 15.8. The Bertz CT molecular complexity index is 566. The van der Waals surface area contributed by atoms with Crippen molar-refractivity contribution in [3.05, 3.63) is 0 Å². The molecule has 3 nitrogen and oxygen atoms in total. The number of carbonyl (C=O) groups excluding carboxylic acids is 2. The second kappa shape index (κ2) is 4.58. The van der Waals surface area contributed by atoms with E-state index in [1.165, 1.54) is 57.8 Å². The second-order valence-corrected chi connectivity index (χ2v) is 11.9. The Hall–Kier alpha value is -0.860. The van der Waals surface area contributed by atoms with Crippen molar-refractivity contribution in [1.82, 2.24) is 4.90 Å². The molecule has 0 aromatic heterocycles. The maximum absolute atomic E-state index is 13.5. The van der Waals surface area contributed by atoms with E-state index in [1.54, 1.807) is 0 Å². The van der Waals surface area contributed by atoms with Crippen LogP contribution in [0.15, 0.2) is 0 Å². The summed E-state index contributed by atoms with van der Waals surface area (Å²) in [4.78, 5) is 28.9. The molecule has 0 atom stereocenters. The Balaban J connectivity index is 1.20. The van der Waals surface area contributed by atoms with E-state index in [2.05, 4.69) is 0 Å². The van der Waals surface area contributed by atoms with Gasteiger partial charge in [0.1, 0.15) is 5.92 Å². The number of hydrogen-bond donors (Lipinski definition) is 0. The molecule has 8 aliphatic carbocycles. The van der Waals surface area contributed by atoms with Crippen LogP contribution in [-0.2, 0) is 9.59 Å². The van der Waals surface area contributed by atoms with E-state index in [0.29, 0.717) is 0 Å². The number of carbonyl (C=O) groups is 2. The van der Waals surface area contributed by atoms with Gasteiger partial charge in [-0.25, -0.2) is 0 Å². The van der Waals surface area contributed by atoms with Gasteiger partial charge in [-0.1, -0.05) is 0 Å². The molecule has 140 valence electrons. The Labute approximate surface area is 156 Å². The van der Waals surface area contributed by atoms with Gasteiger partial charge in [-0.3, -0.25) is 14.5 Å². The molecule has 0 N–H and O–H groups in total. The largest absolute Gasteiger partial charge is 0.275 e. The van der Waals surface area contributed by atoms with E-state index in [0.717, 1.165) is 54.8 Å². The predicted octanol–water partition coefficient (Wildman–Crippen LogP) is 4.16. The minimum absolute atomic E-state index is 0.0539. The molecule has 0 aromatic carbocycles. The zero-order valence-corrected chi connectivity index (χ0v) is 15.8. The normalized spacial score (nSPS) is 57.2. The Morgan fingerprint density at radius 3 is 1.31 bits per heavy atom. The average molecular weight is 354 g/mol. The van der Waals surface area contributed by atoms with Crippen LogP contribution in [0.5, 0.6) is 0 Å². The first-order valence-corrected chi connectivity index (χ1v) is 11.4. The molecule has 9 fully saturated rings. The predicted molar refractivity (Wildman–Crippen MR) is 96.9 cm³/mol. The summed E-state index contributed by atoms with van der Waals surface area (Å²) in [5, 5.41) is 0. The first-order valence-electron chi connectivity index (χ1n) is 11.4. The van der Waals surface area contributed by atoms with E-state index in [-0.39, 0.29) is 28.7 Å². The van der Waals surface area contributed by atoms with Crippen LogP contribution in [0.4, 0.5) is 0 Å². The van der Waals surface area contributed by atoms with Crippen LogP contribution in [0, 0.1) is 46.8 Å². The lowest BCUT2D eigenvalue weighted by atomic mass is 9.44. The van der Waals surface area contributed by atoms with Crippen LogP contribution in [0.3, 0.4) is 0 Å². The first-order chi connectivity index (χ1) is 12.5. The molecule has 26 heavy (non-hydrogen) atoms. The molecule has 1 aliphatic heterocycles. The summed E-state index contributed by atoms with van der Waals surface area (Å²) in [7, 11) is 0. The third kappa shape index (κ3) is 1.72. The van der Waals surface area contributed by atoms with Crippen molar-refractivity contribution < 1.29 is 9.59 Å². The van der Waals surface area contributed by atoms with Crippen LogP contribution in [0.25, 0.3) is 0 Å². The van der Waals surface area contributed by atoms with Gasteiger partial charge in [-0.05, 0) is 118 Å². The number of nitrogens with zero attached hydrogens (tertiary/aromatic N) is 1. The van der Waals surface area contributed by atoms with Crippen molar-refractivity contribution in [2.75, 3.05) is 0 Å². The summed E-state index contributed by atoms with van der Waals surface area (Å²) < 4.78 is 0. The summed E-state index contributed by atoms with van der Waals surface area (Å²) in [6.45, 7) is 0. The van der Waals surface area contributed by atoms with Gasteiger partial charge < -0.3 is 0 Å². The molecule has 0 spiro atoms. The zero-order chi connectivity index (χ0) is 17.3. The fourth-order valence-electron chi connectivity index (χ4n) is 10.3. The summed E-state index contributed by atoms with van der Waals surface area (Å²) in [5.41, 5.74) is 0.0173. The monoisotopic (exact) mass is 353 g/mol. The highest BCUT2D eigenvalue weighted by atomic mass is 16.2. The van der Waals surface area contributed by atoms with E-state index in [1.807, 2.05) is 4.90 Å². The van der Waals surface area contributed by atoms with E-state index in [9.17, 15) is 9.59 Å². The van der Waals surface area contributed by atoms with Crippen molar-refractivity contribution in [2.24, 2.45) is 46.8 Å². The van der Waals surface area contributed by atoms with Crippen LogP contribution in [-0.4, -0.2) is 22.3 Å². The van der Waals surface area contributed by atoms with Crippen LogP contribution in [0.2, 0.25) is 0 Å². The number of likely N-dealkylation sites (tertiary alicyclic amines) is 1. The fraction of sp³-hybridized carbons (Fsp3) is 0.913. The highest BCUT2D eigenvalue weighted by Gasteiger charge is 2.68. The molecule has 2 amide bonds. The number of amides is 2. The van der Waals surface area contributed by atoms with Crippen LogP contribution in [0.1, 0.15) is 77.0 Å². The summed E-state index contributed by atoms with van der Waals surface area (Å²) in [5.74, 6) is 5.10. The molecule has 8 saturated carbocycles. The summed E-state index contributed by atoms with van der Waals surface area (Å²) >= 11 is 0. The molecule has 0 radical (unpaired) electrons. The van der Waals surface area contributed by atoms with E-state index in [4.69, 9.17) is 0 Å². The SMILES string of the molecule is O=C1C(C23CC4CC(CC(C4)C2)C3)C(=O)N1C12CC3CC(CC(C3)C1)C2. The lowest BCUT2D eigenvalue weighted by Crippen LogP contribution is -2.75. The molecule has 0 unspecified atom stereocenters. The lowest BCUT2D eigenvalue weighted by Gasteiger charge is -2.66. The lowest BCUT2D eigenvalue weighted by molar-refractivity contribution is -0.203. The van der Waals surface area contributed by atoms with Crippen molar-refractivity contribution >= 4 is 11.8 Å². The molecule has 8 bridgehead atoms. The average Bonchev–Trinajstić information content (AvgIpc) is 2.51. The molecule has 0 aromatic rings. The molecular formula is C23H31NO2. The molecule has 1 heterocycles. The first kappa shape index (κ1) is 15.1. The highest BCUT2D eigenvalue weighted by molar-refractivity contribution is 6.19. The Morgan fingerprint density at radius 2 is 0.923 bits per heavy atom. The van der Waals surface area contributed by atoms with Gasteiger partial charge in [0.05, 0.1) is 5.54 Å². The summed E-state index contributed by atoms with van der Waals surface area (Å²) in [6, 6.07) is 0. The molecular weight excluding hydrogens is 322 g/mol. The van der Waals surface area contributed by atoms with Crippen molar-refractivity contribution in [2.45, 2.75) is 82.6 Å². The Kier molecular flexibility index (Phi) is 2.66. The number of hydrogen-bond acceptors (Lipinski definition) is 2. The van der Waals surface area contributed by atoms with E-state index < -0.39 is 0 Å². The van der Waals surface area contributed by atoms with Gasteiger partial charge in [0.25, 0.3) is 0 Å². The molecule has 1 saturated heterocycles. The van der Waals surface area contributed by atoms with Crippen LogP contribution >= 0.6 is 0 Å². The maximum Gasteiger partial charge on any atom is 0.242 e.